The van der Waals surface area contributed by atoms with Crippen molar-refractivity contribution in [3.05, 3.63) is 47.6 Å². The lowest BCUT2D eigenvalue weighted by Crippen LogP contribution is -1.86. The molecule has 0 radical (unpaired) electrons. The maximum atomic E-state index is 3.96. The first kappa shape index (κ1) is 11.0. The van der Waals surface area contributed by atoms with Crippen LogP contribution in [0.1, 0.15) is 27.7 Å². The molecule has 0 bridgehead atoms. The van der Waals surface area contributed by atoms with E-state index in [-0.39, 0.29) is 0 Å². The highest BCUT2D eigenvalue weighted by atomic mass is 14.0. The number of hydrogen-bond acceptors (Lipinski definition) is 0. The fourth-order valence-corrected chi connectivity index (χ4v) is 0.887. The Morgan fingerprint density at radius 2 is 1.50 bits per heavy atom. The summed E-state index contributed by atoms with van der Waals surface area (Å²) in [5, 5.41) is 0. The first-order chi connectivity index (χ1) is 5.50. The summed E-state index contributed by atoms with van der Waals surface area (Å²) in [6.07, 6.45) is 4.01. The molecule has 0 heterocycles. The highest BCUT2D eigenvalue weighted by molar-refractivity contribution is 5.44. The van der Waals surface area contributed by atoms with Gasteiger partial charge in [-0.3, -0.25) is 0 Å². The predicted molar refractivity (Wildman–Crippen MR) is 57.1 cm³/mol. The van der Waals surface area contributed by atoms with Crippen LogP contribution in [0.4, 0.5) is 0 Å². The predicted octanol–water partition coefficient (Wildman–Crippen LogP) is 4.03. The van der Waals surface area contributed by atoms with Gasteiger partial charge >= 0.3 is 0 Å². The van der Waals surface area contributed by atoms with Gasteiger partial charge in [0, 0.05) is 0 Å². The minimum Gasteiger partial charge on any atom is -0.0958 e. The van der Waals surface area contributed by atoms with E-state index in [9.17, 15) is 0 Å². The molecule has 0 saturated heterocycles. The van der Waals surface area contributed by atoms with Crippen molar-refractivity contribution in [3.63, 3.8) is 0 Å². The minimum absolute atomic E-state index is 1.07. The third-order valence-electron chi connectivity index (χ3n) is 2.05. The van der Waals surface area contributed by atoms with Crippen molar-refractivity contribution in [2.75, 3.05) is 0 Å². The molecule has 0 unspecified atom stereocenters. The molecule has 0 rings (SSSR count). The third-order valence-corrected chi connectivity index (χ3v) is 2.05. The lowest BCUT2D eigenvalue weighted by Gasteiger charge is -2.06. The Hall–Kier alpha value is -1.04. The number of hydrogen-bond donors (Lipinski definition) is 0. The first-order valence-electron chi connectivity index (χ1n) is 4.16. The topological polar surface area (TPSA) is 0 Å². The van der Waals surface area contributed by atoms with Gasteiger partial charge in [-0.2, -0.15) is 0 Å². The molecule has 0 atom stereocenters. The van der Waals surface area contributed by atoms with Gasteiger partial charge in [0.2, 0.25) is 0 Å². The Kier molecular flexibility index (Phi) is 4.35. The average molecular weight is 162 g/mol. The highest BCUT2D eigenvalue weighted by Gasteiger charge is 1.98. The molecule has 0 nitrogen and oxygen atoms in total. The SMILES string of the molecule is C=C(C)/C(C)=C(/C)C(=C)/C=C\C. The summed E-state index contributed by atoms with van der Waals surface area (Å²) in [6, 6.07) is 0. The molecule has 0 aromatic rings. The zero-order valence-corrected chi connectivity index (χ0v) is 8.57. The Balaban J connectivity index is 4.78. The molecular formula is C12H18. The zero-order chi connectivity index (χ0) is 9.72. The molecule has 0 fully saturated rings. The van der Waals surface area contributed by atoms with Crippen LogP contribution in [0, 0.1) is 0 Å². The molecule has 0 heteroatoms. The van der Waals surface area contributed by atoms with E-state index in [1.165, 1.54) is 11.1 Å². The summed E-state index contributed by atoms with van der Waals surface area (Å²) < 4.78 is 0. The molecule has 66 valence electrons. The molecule has 12 heavy (non-hydrogen) atoms. The summed E-state index contributed by atoms with van der Waals surface area (Å²) in [5.41, 5.74) is 4.63. The van der Waals surface area contributed by atoms with Crippen LogP contribution in [0.25, 0.3) is 0 Å². The van der Waals surface area contributed by atoms with Crippen molar-refractivity contribution in [2.24, 2.45) is 0 Å². The van der Waals surface area contributed by atoms with Crippen molar-refractivity contribution in [1.82, 2.24) is 0 Å². The Morgan fingerprint density at radius 3 is 1.83 bits per heavy atom. The summed E-state index contributed by atoms with van der Waals surface area (Å²) in [5.74, 6) is 0. The second-order valence-corrected chi connectivity index (χ2v) is 3.06. The van der Waals surface area contributed by atoms with E-state index in [1.807, 2.05) is 26.0 Å². The maximum absolute atomic E-state index is 3.96. The third kappa shape index (κ3) is 2.91. The smallest absolute Gasteiger partial charge is 0.0300 e. The second-order valence-electron chi connectivity index (χ2n) is 3.06. The molecule has 0 saturated carbocycles. The van der Waals surface area contributed by atoms with Crippen LogP contribution in [0.3, 0.4) is 0 Å². The molecule has 0 spiro atoms. The summed E-state index contributed by atoms with van der Waals surface area (Å²) in [7, 11) is 0. The van der Waals surface area contributed by atoms with Crippen molar-refractivity contribution in [3.8, 4) is 0 Å². The minimum atomic E-state index is 1.07. The first-order valence-corrected chi connectivity index (χ1v) is 4.16. The quantitative estimate of drug-likeness (QED) is 0.549. The van der Waals surface area contributed by atoms with Crippen LogP contribution in [0.15, 0.2) is 47.6 Å². The van der Waals surface area contributed by atoms with Crippen LogP contribution < -0.4 is 0 Å². The van der Waals surface area contributed by atoms with Gasteiger partial charge in [0.25, 0.3) is 0 Å². The van der Waals surface area contributed by atoms with Gasteiger partial charge in [0.05, 0.1) is 0 Å². The molecule has 0 aromatic heterocycles. The van der Waals surface area contributed by atoms with E-state index in [1.54, 1.807) is 0 Å². The maximum Gasteiger partial charge on any atom is -0.0300 e. The van der Waals surface area contributed by atoms with E-state index in [4.69, 9.17) is 0 Å². The Morgan fingerprint density at radius 1 is 1.00 bits per heavy atom. The second kappa shape index (κ2) is 4.76. The fourth-order valence-electron chi connectivity index (χ4n) is 0.887. The summed E-state index contributed by atoms with van der Waals surface area (Å²) in [4.78, 5) is 0. The average Bonchev–Trinajstić information content (AvgIpc) is 2.02. The van der Waals surface area contributed by atoms with Gasteiger partial charge in [-0.15, -0.1) is 0 Å². The van der Waals surface area contributed by atoms with Crippen LogP contribution in [0.5, 0.6) is 0 Å². The van der Waals surface area contributed by atoms with Crippen LogP contribution in [0.2, 0.25) is 0 Å². The molecule has 0 amide bonds. The fraction of sp³-hybridized carbons (Fsp3) is 0.333. The monoisotopic (exact) mass is 162 g/mol. The molecular weight excluding hydrogens is 144 g/mol. The van der Waals surface area contributed by atoms with Gasteiger partial charge in [-0.25, -0.2) is 0 Å². The van der Waals surface area contributed by atoms with Crippen molar-refractivity contribution in [1.29, 1.82) is 0 Å². The normalized spacial score (nSPS) is 13.0. The van der Waals surface area contributed by atoms with Gasteiger partial charge in [-0.1, -0.05) is 30.9 Å². The van der Waals surface area contributed by atoms with Gasteiger partial charge < -0.3 is 0 Å². The Bertz CT molecular complexity index is 249. The van der Waals surface area contributed by atoms with E-state index >= 15 is 0 Å². The lowest BCUT2D eigenvalue weighted by atomic mass is 9.99. The molecule has 0 aliphatic rings. The van der Waals surface area contributed by atoms with Gasteiger partial charge in [0.15, 0.2) is 0 Å². The van der Waals surface area contributed by atoms with Gasteiger partial charge in [-0.05, 0) is 44.4 Å². The van der Waals surface area contributed by atoms with Crippen LogP contribution in [-0.4, -0.2) is 0 Å². The summed E-state index contributed by atoms with van der Waals surface area (Å²) >= 11 is 0. The van der Waals surface area contributed by atoms with Crippen molar-refractivity contribution >= 4 is 0 Å². The van der Waals surface area contributed by atoms with Crippen molar-refractivity contribution < 1.29 is 0 Å². The lowest BCUT2D eigenvalue weighted by molar-refractivity contribution is 1.26. The van der Waals surface area contributed by atoms with E-state index < -0.39 is 0 Å². The Labute approximate surface area is 76.0 Å². The molecule has 0 aromatic carbocycles. The zero-order valence-electron chi connectivity index (χ0n) is 8.57. The van der Waals surface area contributed by atoms with E-state index in [0.717, 1.165) is 11.1 Å². The van der Waals surface area contributed by atoms with E-state index in [2.05, 4.69) is 27.0 Å². The van der Waals surface area contributed by atoms with Crippen LogP contribution >= 0.6 is 0 Å². The van der Waals surface area contributed by atoms with Crippen molar-refractivity contribution in [2.45, 2.75) is 27.7 Å². The van der Waals surface area contributed by atoms with Crippen LogP contribution in [-0.2, 0) is 0 Å². The molecule has 0 N–H and O–H groups in total. The van der Waals surface area contributed by atoms with E-state index in [0.29, 0.717) is 0 Å². The molecule has 0 aliphatic heterocycles. The number of rotatable bonds is 3. The number of allylic oxidation sites excluding steroid dienone is 6. The van der Waals surface area contributed by atoms with Gasteiger partial charge in [0.1, 0.15) is 0 Å². The largest absolute Gasteiger partial charge is 0.0958 e. The molecule has 0 aliphatic carbocycles. The highest BCUT2D eigenvalue weighted by Crippen LogP contribution is 2.18. The standard InChI is InChI=1S/C12H18/c1-7-8-10(4)12(6)11(5)9(2)3/h7-8H,2,4H2,1,3,5-6H3/b8-7-,12-11-. The summed E-state index contributed by atoms with van der Waals surface area (Å²) in [6.45, 7) is 16.0.